The minimum absolute atomic E-state index is 0.0114. The highest BCUT2D eigenvalue weighted by atomic mass is 35.5. The van der Waals surface area contributed by atoms with E-state index in [-0.39, 0.29) is 5.41 Å². The Labute approximate surface area is 102 Å². The summed E-state index contributed by atoms with van der Waals surface area (Å²) < 4.78 is 0. The Balaban J connectivity index is 2.54. The molecule has 0 atom stereocenters. The van der Waals surface area contributed by atoms with Crippen LogP contribution in [0.2, 0.25) is 5.02 Å². The van der Waals surface area contributed by atoms with Crippen molar-refractivity contribution in [2.24, 2.45) is 0 Å². The number of hydrogen-bond donors (Lipinski definition) is 1. The summed E-state index contributed by atoms with van der Waals surface area (Å²) in [4.78, 5) is 11.0. The lowest BCUT2D eigenvalue weighted by atomic mass is 9.85. The number of likely N-dealkylation sites (N-methyl/N-ethyl adjacent to an activating group) is 1. The van der Waals surface area contributed by atoms with Crippen molar-refractivity contribution in [3.05, 3.63) is 28.3 Å². The van der Waals surface area contributed by atoms with Crippen molar-refractivity contribution in [2.45, 2.75) is 18.3 Å². The molecule has 0 aliphatic heterocycles. The van der Waals surface area contributed by atoms with E-state index >= 15 is 0 Å². The molecule has 0 amide bonds. The van der Waals surface area contributed by atoms with Crippen LogP contribution in [0.1, 0.15) is 28.8 Å². The molecule has 0 aromatic heterocycles. The number of benzene rings is 1. The number of carbonyl (C=O) groups excluding carboxylic acids is 1. The summed E-state index contributed by atoms with van der Waals surface area (Å²) in [6.45, 7) is 0.830. The molecule has 2 nitrogen and oxygen atoms in total. The lowest BCUT2D eigenvalue weighted by molar-refractivity contribution is 0.112. The zero-order chi connectivity index (χ0) is 11.8. The molecule has 0 saturated heterocycles. The van der Waals surface area contributed by atoms with Crippen molar-refractivity contribution in [1.29, 1.82) is 0 Å². The molecule has 1 aliphatic carbocycles. The van der Waals surface area contributed by atoms with Crippen molar-refractivity contribution >= 4 is 31.2 Å². The summed E-state index contributed by atoms with van der Waals surface area (Å²) in [5.41, 5.74) is 2.13. The zero-order valence-corrected chi connectivity index (χ0v) is 9.97. The van der Waals surface area contributed by atoms with E-state index in [0.717, 1.165) is 31.2 Å². The van der Waals surface area contributed by atoms with Crippen LogP contribution in [0.5, 0.6) is 0 Å². The van der Waals surface area contributed by atoms with Crippen molar-refractivity contribution in [3.63, 3.8) is 0 Å². The molecule has 82 valence electrons. The number of carbonyl (C=O) groups is 1. The van der Waals surface area contributed by atoms with E-state index < -0.39 is 0 Å². The van der Waals surface area contributed by atoms with E-state index in [1.54, 1.807) is 12.1 Å². The van der Waals surface area contributed by atoms with Gasteiger partial charge in [0, 0.05) is 22.5 Å². The molecule has 0 spiro atoms. The van der Waals surface area contributed by atoms with E-state index in [1.165, 1.54) is 0 Å². The van der Waals surface area contributed by atoms with Gasteiger partial charge in [-0.2, -0.15) is 0 Å². The number of aldehydes is 1. The third-order valence-corrected chi connectivity index (χ3v) is 3.64. The summed E-state index contributed by atoms with van der Waals surface area (Å²) in [5.74, 6) is 0. The summed E-state index contributed by atoms with van der Waals surface area (Å²) in [6.07, 6.45) is 2.96. The molecule has 1 N–H and O–H groups in total. The minimum Gasteiger partial charge on any atom is -0.319 e. The van der Waals surface area contributed by atoms with E-state index in [4.69, 9.17) is 19.4 Å². The van der Waals surface area contributed by atoms with Crippen LogP contribution in [-0.2, 0) is 5.41 Å². The Morgan fingerprint density at radius 3 is 2.75 bits per heavy atom. The van der Waals surface area contributed by atoms with E-state index in [9.17, 15) is 4.79 Å². The molecular formula is C12H13BClNO. The predicted molar refractivity (Wildman–Crippen MR) is 67.1 cm³/mol. The van der Waals surface area contributed by atoms with Gasteiger partial charge in [0.15, 0.2) is 0 Å². The van der Waals surface area contributed by atoms with Crippen LogP contribution in [0.3, 0.4) is 0 Å². The fraction of sp³-hybridized carbons (Fsp3) is 0.417. The molecule has 16 heavy (non-hydrogen) atoms. The average molecular weight is 234 g/mol. The molecule has 1 saturated carbocycles. The molecule has 1 fully saturated rings. The summed E-state index contributed by atoms with van der Waals surface area (Å²) >= 11 is 6.23. The van der Waals surface area contributed by atoms with Gasteiger partial charge in [0.1, 0.15) is 14.1 Å². The average Bonchev–Trinajstić information content (AvgIpc) is 3.03. The number of halogens is 1. The summed E-state index contributed by atoms with van der Waals surface area (Å²) in [5, 5.41) is 3.69. The molecular weight excluding hydrogens is 220 g/mol. The maximum atomic E-state index is 11.0. The van der Waals surface area contributed by atoms with Crippen LogP contribution in [-0.4, -0.2) is 27.7 Å². The first-order chi connectivity index (χ1) is 7.64. The van der Waals surface area contributed by atoms with Gasteiger partial charge in [-0.15, -0.1) is 0 Å². The summed E-state index contributed by atoms with van der Waals surface area (Å²) in [7, 11) is 7.70. The first kappa shape index (κ1) is 11.7. The van der Waals surface area contributed by atoms with E-state index in [0.29, 0.717) is 16.0 Å². The van der Waals surface area contributed by atoms with E-state index in [1.807, 2.05) is 7.05 Å². The lowest BCUT2D eigenvalue weighted by Gasteiger charge is -2.20. The van der Waals surface area contributed by atoms with Crippen LogP contribution in [0, 0.1) is 0 Å². The molecule has 0 heterocycles. The fourth-order valence-electron chi connectivity index (χ4n) is 2.25. The van der Waals surface area contributed by atoms with Crippen LogP contribution in [0.25, 0.3) is 0 Å². The third-order valence-electron chi connectivity index (χ3n) is 3.23. The first-order valence-corrected chi connectivity index (χ1v) is 5.70. The van der Waals surface area contributed by atoms with E-state index in [2.05, 4.69) is 5.32 Å². The Kier molecular flexibility index (Phi) is 3.09. The number of nitrogens with one attached hydrogen (secondary N) is 1. The van der Waals surface area contributed by atoms with Gasteiger partial charge in [-0.1, -0.05) is 29.2 Å². The Bertz CT molecular complexity index is 429. The van der Waals surface area contributed by atoms with Crippen LogP contribution >= 0.6 is 11.6 Å². The van der Waals surface area contributed by atoms with Crippen LogP contribution in [0.4, 0.5) is 0 Å². The Morgan fingerprint density at radius 1 is 1.56 bits per heavy atom. The van der Waals surface area contributed by atoms with Crippen LogP contribution < -0.4 is 10.8 Å². The second-order valence-corrected chi connectivity index (χ2v) is 4.74. The van der Waals surface area contributed by atoms with Gasteiger partial charge >= 0.3 is 0 Å². The second kappa shape index (κ2) is 4.23. The standard InChI is InChI=1S/C12H13BClNO/c1-15-7-12(4-5-12)10-8(6-16)2-3-9(13)11(10)14/h2-3,6,15H,4-5,7H2,1H3. The number of rotatable bonds is 4. The van der Waals surface area contributed by atoms with Gasteiger partial charge in [-0.25, -0.2) is 0 Å². The van der Waals surface area contributed by atoms with Gasteiger partial charge in [-0.3, -0.25) is 4.79 Å². The molecule has 0 unspecified atom stereocenters. The molecule has 4 heteroatoms. The monoisotopic (exact) mass is 233 g/mol. The number of hydrogen-bond acceptors (Lipinski definition) is 2. The van der Waals surface area contributed by atoms with Gasteiger partial charge in [0.2, 0.25) is 0 Å². The second-order valence-electron chi connectivity index (χ2n) is 4.36. The smallest absolute Gasteiger partial charge is 0.150 e. The highest BCUT2D eigenvalue weighted by Gasteiger charge is 2.46. The van der Waals surface area contributed by atoms with Gasteiger partial charge < -0.3 is 5.32 Å². The third kappa shape index (κ3) is 1.78. The fourth-order valence-corrected chi connectivity index (χ4v) is 2.62. The Hall–Kier alpha value is -0.795. The highest BCUT2D eigenvalue weighted by Crippen LogP contribution is 2.50. The normalized spacial score (nSPS) is 17.1. The largest absolute Gasteiger partial charge is 0.319 e. The SMILES string of the molecule is [B]c1ccc(C=O)c(C2(CNC)CC2)c1Cl. The van der Waals surface area contributed by atoms with Crippen molar-refractivity contribution in [3.8, 4) is 0 Å². The molecule has 2 radical (unpaired) electrons. The zero-order valence-electron chi connectivity index (χ0n) is 9.22. The minimum atomic E-state index is 0.0114. The predicted octanol–water partition coefficient (Wildman–Crippen LogP) is 1.20. The quantitative estimate of drug-likeness (QED) is 0.625. The first-order valence-electron chi connectivity index (χ1n) is 5.33. The van der Waals surface area contributed by atoms with Crippen molar-refractivity contribution in [1.82, 2.24) is 5.32 Å². The van der Waals surface area contributed by atoms with Gasteiger partial charge in [0.05, 0.1) is 0 Å². The summed E-state index contributed by atoms with van der Waals surface area (Å²) in [6, 6.07) is 3.43. The maximum absolute atomic E-state index is 11.0. The lowest BCUT2D eigenvalue weighted by Crippen LogP contribution is -2.27. The van der Waals surface area contributed by atoms with Gasteiger partial charge in [0.25, 0.3) is 0 Å². The van der Waals surface area contributed by atoms with Crippen molar-refractivity contribution in [2.75, 3.05) is 13.6 Å². The maximum Gasteiger partial charge on any atom is 0.150 e. The highest BCUT2D eigenvalue weighted by molar-refractivity contribution is 6.45. The van der Waals surface area contributed by atoms with Gasteiger partial charge in [-0.05, 0) is 25.5 Å². The molecule has 2 rings (SSSR count). The Morgan fingerprint density at radius 2 is 2.25 bits per heavy atom. The molecule has 1 aromatic carbocycles. The molecule has 1 aliphatic rings. The topological polar surface area (TPSA) is 29.1 Å². The molecule has 0 bridgehead atoms. The van der Waals surface area contributed by atoms with Crippen LogP contribution in [0.15, 0.2) is 12.1 Å². The molecule has 1 aromatic rings. The van der Waals surface area contributed by atoms with Crippen molar-refractivity contribution < 1.29 is 4.79 Å².